The van der Waals surface area contributed by atoms with Gasteiger partial charge in [0, 0.05) is 36.1 Å². The molecule has 96 valence electrons. The van der Waals surface area contributed by atoms with Crippen molar-refractivity contribution < 1.29 is 0 Å². The summed E-state index contributed by atoms with van der Waals surface area (Å²) >= 11 is 2.13. The van der Waals surface area contributed by atoms with E-state index in [0.29, 0.717) is 6.04 Å². The van der Waals surface area contributed by atoms with E-state index in [0.717, 1.165) is 18.3 Å². The molecule has 3 nitrogen and oxygen atoms in total. The van der Waals surface area contributed by atoms with Crippen LogP contribution in [0.3, 0.4) is 0 Å². The van der Waals surface area contributed by atoms with E-state index >= 15 is 0 Å². The normalized spacial score (nSPS) is 21.0. The molecule has 0 bridgehead atoms. The van der Waals surface area contributed by atoms with Crippen LogP contribution in [-0.4, -0.2) is 27.3 Å². The first kappa shape index (κ1) is 13.0. The van der Waals surface area contributed by atoms with Crippen LogP contribution < -0.4 is 5.32 Å². The first-order chi connectivity index (χ1) is 8.25. The molecule has 1 fully saturated rings. The highest BCUT2D eigenvalue weighted by atomic mass is 32.2. The molecule has 1 aliphatic heterocycles. The van der Waals surface area contributed by atoms with Gasteiger partial charge in [-0.1, -0.05) is 6.42 Å². The summed E-state index contributed by atoms with van der Waals surface area (Å²) in [5.41, 5.74) is 1.29. The third kappa shape index (κ3) is 4.03. The Labute approximate surface area is 108 Å². The van der Waals surface area contributed by atoms with E-state index in [1.807, 2.05) is 10.9 Å². The highest BCUT2D eigenvalue weighted by Gasteiger charge is 2.13. The summed E-state index contributed by atoms with van der Waals surface area (Å²) in [4.78, 5) is 0. The summed E-state index contributed by atoms with van der Waals surface area (Å²) in [5, 5.41) is 8.73. The number of hydrogen-bond acceptors (Lipinski definition) is 3. The van der Waals surface area contributed by atoms with Gasteiger partial charge in [-0.3, -0.25) is 4.68 Å². The van der Waals surface area contributed by atoms with Gasteiger partial charge in [0.15, 0.2) is 0 Å². The monoisotopic (exact) mass is 253 g/mol. The second-order valence-corrected chi connectivity index (χ2v) is 6.45. The van der Waals surface area contributed by atoms with Gasteiger partial charge in [0.05, 0.1) is 6.20 Å². The average molecular weight is 253 g/mol. The zero-order valence-corrected chi connectivity index (χ0v) is 11.7. The van der Waals surface area contributed by atoms with Crippen LogP contribution in [0, 0.1) is 0 Å². The van der Waals surface area contributed by atoms with Crippen molar-refractivity contribution in [1.29, 1.82) is 0 Å². The summed E-state index contributed by atoms with van der Waals surface area (Å²) in [7, 11) is 0. The van der Waals surface area contributed by atoms with Gasteiger partial charge in [-0.25, -0.2) is 0 Å². The summed E-state index contributed by atoms with van der Waals surface area (Å²) < 4.78 is 2.02. The molecule has 0 radical (unpaired) electrons. The van der Waals surface area contributed by atoms with Gasteiger partial charge >= 0.3 is 0 Å². The minimum atomic E-state index is 0.456. The predicted molar refractivity (Wildman–Crippen MR) is 74.4 cm³/mol. The SMILES string of the molecule is CC(C)n1cc(CNCC2CCCCS2)cn1. The third-order valence-electron chi connectivity index (χ3n) is 3.16. The van der Waals surface area contributed by atoms with Gasteiger partial charge in [0.25, 0.3) is 0 Å². The lowest BCUT2D eigenvalue weighted by molar-refractivity contribution is 0.531. The number of rotatable bonds is 5. The number of hydrogen-bond donors (Lipinski definition) is 1. The smallest absolute Gasteiger partial charge is 0.0534 e. The minimum Gasteiger partial charge on any atom is -0.311 e. The molecule has 1 N–H and O–H groups in total. The topological polar surface area (TPSA) is 29.9 Å². The van der Waals surface area contributed by atoms with E-state index in [4.69, 9.17) is 0 Å². The Bertz CT molecular complexity index is 329. The number of thioether (sulfide) groups is 1. The fourth-order valence-corrected chi connectivity index (χ4v) is 3.37. The molecule has 1 saturated heterocycles. The summed E-state index contributed by atoms with van der Waals surface area (Å²) in [5.74, 6) is 1.34. The molecule has 1 atom stereocenters. The lowest BCUT2D eigenvalue weighted by atomic mass is 10.2. The van der Waals surface area contributed by atoms with Gasteiger partial charge < -0.3 is 5.32 Å². The Hall–Kier alpha value is -0.480. The van der Waals surface area contributed by atoms with Gasteiger partial charge in [0.1, 0.15) is 0 Å². The molecule has 1 aliphatic rings. The van der Waals surface area contributed by atoms with Crippen LogP contribution in [-0.2, 0) is 6.54 Å². The summed E-state index contributed by atoms with van der Waals surface area (Å²) in [6, 6.07) is 0.456. The maximum Gasteiger partial charge on any atom is 0.0534 e. The fraction of sp³-hybridized carbons (Fsp3) is 0.769. The molecule has 2 rings (SSSR count). The standard InChI is InChI=1S/C13H23N3S/c1-11(2)16-10-12(8-15-16)7-14-9-13-5-3-4-6-17-13/h8,10-11,13-14H,3-7,9H2,1-2H3. The highest BCUT2D eigenvalue weighted by Crippen LogP contribution is 2.24. The number of aromatic nitrogens is 2. The zero-order chi connectivity index (χ0) is 12.1. The van der Waals surface area contributed by atoms with Crippen molar-refractivity contribution in [1.82, 2.24) is 15.1 Å². The van der Waals surface area contributed by atoms with Crippen LogP contribution in [0.2, 0.25) is 0 Å². The molecule has 2 heterocycles. The average Bonchev–Trinajstić information content (AvgIpc) is 2.79. The van der Waals surface area contributed by atoms with E-state index in [1.165, 1.54) is 30.6 Å². The predicted octanol–water partition coefficient (Wildman–Crippen LogP) is 2.84. The lowest BCUT2D eigenvalue weighted by Gasteiger charge is -2.21. The van der Waals surface area contributed by atoms with Gasteiger partial charge in [-0.15, -0.1) is 0 Å². The molecule has 1 unspecified atom stereocenters. The van der Waals surface area contributed by atoms with Gasteiger partial charge in [-0.05, 0) is 32.4 Å². The summed E-state index contributed by atoms with van der Waals surface area (Å²) in [6.07, 6.45) is 8.31. The molecule has 0 saturated carbocycles. The molecular formula is C13H23N3S. The number of nitrogens with zero attached hydrogens (tertiary/aromatic N) is 2. The second-order valence-electron chi connectivity index (χ2n) is 5.04. The first-order valence-corrected chi connectivity index (χ1v) is 7.66. The van der Waals surface area contributed by atoms with Crippen LogP contribution in [0.5, 0.6) is 0 Å². The minimum absolute atomic E-state index is 0.456. The van der Waals surface area contributed by atoms with E-state index < -0.39 is 0 Å². The van der Waals surface area contributed by atoms with Crippen LogP contribution in [0.25, 0.3) is 0 Å². The Morgan fingerprint density at radius 3 is 3.06 bits per heavy atom. The Morgan fingerprint density at radius 2 is 2.41 bits per heavy atom. The molecule has 1 aromatic heterocycles. The molecular weight excluding hydrogens is 230 g/mol. The van der Waals surface area contributed by atoms with Crippen molar-refractivity contribution in [3.05, 3.63) is 18.0 Å². The molecule has 0 spiro atoms. The zero-order valence-electron chi connectivity index (χ0n) is 10.9. The van der Waals surface area contributed by atoms with Gasteiger partial charge in [-0.2, -0.15) is 16.9 Å². The molecule has 0 amide bonds. The van der Waals surface area contributed by atoms with Gasteiger partial charge in [0.2, 0.25) is 0 Å². The maximum atomic E-state index is 4.35. The second kappa shape index (κ2) is 6.45. The fourth-order valence-electron chi connectivity index (χ4n) is 2.10. The Morgan fingerprint density at radius 1 is 1.53 bits per heavy atom. The van der Waals surface area contributed by atoms with Crippen LogP contribution >= 0.6 is 11.8 Å². The van der Waals surface area contributed by atoms with Crippen molar-refractivity contribution in [2.75, 3.05) is 12.3 Å². The Kier molecular flexibility index (Phi) is 4.92. The van der Waals surface area contributed by atoms with E-state index in [2.05, 4.69) is 42.2 Å². The Balaban J connectivity index is 1.70. The first-order valence-electron chi connectivity index (χ1n) is 6.61. The van der Waals surface area contributed by atoms with Crippen molar-refractivity contribution in [2.24, 2.45) is 0 Å². The van der Waals surface area contributed by atoms with Crippen molar-refractivity contribution >= 4 is 11.8 Å². The molecule has 0 aliphatic carbocycles. The maximum absolute atomic E-state index is 4.35. The van der Waals surface area contributed by atoms with Crippen LogP contribution in [0.1, 0.15) is 44.7 Å². The largest absolute Gasteiger partial charge is 0.311 e. The van der Waals surface area contributed by atoms with Crippen molar-refractivity contribution in [3.63, 3.8) is 0 Å². The molecule has 0 aromatic carbocycles. The van der Waals surface area contributed by atoms with E-state index in [1.54, 1.807) is 0 Å². The third-order valence-corrected chi connectivity index (χ3v) is 4.56. The van der Waals surface area contributed by atoms with Crippen molar-refractivity contribution in [3.8, 4) is 0 Å². The molecule has 17 heavy (non-hydrogen) atoms. The highest BCUT2D eigenvalue weighted by molar-refractivity contribution is 7.99. The van der Waals surface area contributed by atoms with E-state index in [9.17, 15) is 0 Å². The van der Waals surface area contributed by atoms with Crippen LogP contribution in [0.4, 0.5) is 0 Å². The molecule has 4 heteroatoms. The molecule has 1 aromatic rings. The van der Waals surface area contributed by atoms with Crippen molar-refractivity contribution in [2.45, 2.75) is 50.9 Å². The number of nitrogens with one attached hydrogen (secondary N) is 1. The van der Waals surface area contributed by atoms with E-state index in [-0.39, 0.29) is 0 Å². The lowest BCUT2D eigenvalue weighted by Crippen LogP contribution is -2.26. The quantitative estimate of drug-likeness (QED) is 0.875. The van der Waals surface area contributed by atoms with Crippen LogP contribution in [0.15, 0.2) is 12.4 Å². The summed E-state index contributed by atoms with van der Waals surface area (Å²) in [6.45, 7) is 6.40.